The lowest BCUT2D eigenvalue weighted by Gasteiger charge is -2.37. The minimum absolute atomic E-state index is 0.162. The Hall–Kier alpha value is -1.34. The number of carbonyl (C=O) groups is 1. The van der Waals surface area contributed by atoms with E-state index in [-0.39, 0.29) is 12.0 Å². The van der Waals surface area contributed by atoms with Crippen LogP contribution >= 0.6 is 0 Å². The van der Waals surface area contributed by atoms with E-state index >= 15 is 0 Å². The predicted molar refractivity (Wildman–Crippen MR) is 98.8 cm³/mol. The highest BCUT2D eigenvalue weighted by Crippen LogP contribution is 2.16. The van der Waals surface area contributed by atoms with Crippen LogP contribution in [0.1, 0.15) is 39.5 Å². The summed E-state index contributed by atoms with van der Waals surface area (Å²) in [6, 6.07) is 0. The second-order valence-electron chi connectivity index (χ2n) is 6.45. The molecule has 25 heavy (non-hydrogen) atoms. The molecule has 7 heteroatoms. The second kappa shape index (κ2) is 11.3. The molecule has 0 radical (unpaired) electrons. The lowest BCUT2D eigenvalue weighted by Crippen LogP contribution is -2.55. The third-order valence-electron chi connectivity index (χ3n) is 4.59. The first-order valence-corrected chi connectivity index (χ1v) is 9.77. The normalized spacial score (nSPS) is 21.7. The molecule has 0 saturated carbocycles. The highest BCUT2D eigenvalue weighted by molar-refractivity contribution is 5.82. The van der Waals surface area contributed by atoms with Crippen molar-refractivity contribution in [1.82, 2.24) is 15.1 Å². The number of nitrogens with one attached hydrogen (secondary N) is 1. The maximum atomic E-state index is 12.4. The van der Waals surface area contributed by atoms with Gasteiger partial charge in [0.15, 0.2) is 5.96 Å². The molecule has 2 rings (SSSR count). The van der Waals surface area contributed by atoms with Crippen molar-refractivity contribution < 1.29 is 14.3 Å². The van der Waals surface area contributed by atoms with Crippen molar-refractivity contribution in [3.8, 4) is 0 Å². The maximum Gasteiger partial charge on any atom is 0.251 e. The van der Waals surface area contributed by atoms with E-state index < -0.39 is 0 Å². The molecule has 1 N–H and O–H groups in total. The summed E-state index contributed by atoms with van der Waals surface area (Å²) in [7, 11) is 0. The van der Waals surface area contributed by atoms with E-state index in [4.69, 9.17) is 14.5 Å². The summed E-state index contributed by atoms with van der Waals surface area (Å²) in [5, 5.41) is 3.37. The van der Waals surface area contributed by atoms with Crippen LogP contribution in [-0.2, 0) is 14.3 Å². The number of carbonyl (C=O) groups excluding carboxylic acids is 1. The molecule has 1 unspecified atom stereocenters. The van der Waals surface area contributed by atoms with Crippen LogP contribution in [0.4, 0.5) is 0 Å². The van der Waals surface area contributed by atoms with Crippen LogP contribution in [0.15, 0.2) is 4.99 Å². The van der Waals surface area contributed by atoms with Crippen molar-refractivity contribution >= 4 is 11.9 Å². The van der Waals surface area contributed by atoms with Crippen LogP contribution in [0.2, 0.25) is 0 Å². The van der Waals surface area contributed by atoms with E-state index in [0.29, 0.717) is 0 Å². The van der Waals surface area contributed by atoms with Crippen molar-refractivity contribution in [1.29, 1.82) is 0 Å². The van der Waals surface area contributed by atoms with Gasteiger partial charge in [-0.25, -0.2) is 0 Å². The molecular formula is C18H34N4O3. The van der Waals surface area contributed by atoms with Crippen LogP contribution in [0.3, 0.4) is 0 Å². The molecule has 0 bridgehead atoms. The van der Waals surface area contributed by atoms with Gasteiger partial charge in [0, 0.05) is 59.1 Å². The van der Waals surface area contributed by atoms with Crippen molar-refractivity contribution in [2.24, 2.45) is 4.99 Å². The highest BCUT2D eigenvalue weighted by atomic mass is 16.5. The van der Waals surface area contributed by atoms with Crippen molar-refractivity contribution in [2.45, 2.75) is 45.6 Å². The number of ether oxygens (including phenoxy) is 2. The van der Waals surface area contributed by atoms with Crippen LogP contribution < -0.4 is 5.32 Å². The lowest BCUT2D eigenvalue weighted by atomic mass is 10.2. The fraction of sp³-hybridized carbons (Fsp3) is 0.889. The summed E-state index contributed by atoms with van der Waals surface area (Å²) in [6.45, 7) is 11.2. The van der Waals surface area contributed by atoms with Crippen LogP contribution in [0.25, 0.3) is 0 Å². The predicted octanol–water partition coefficient (Wildman–Crippen LogP) is 1.09. The number of hydrogen-bond donors (Lipinski definition) is 1. The van der Waals surface area contributed by atoms with Gasteiger partial charge in [0.05, 0.1) is 0 Å². The smallest absolute Gasteiger partial charge is 0.251 e. The fourth-order valence-corrected chi connectivity index (χ4v) is 3.19. The molecule has 2 saturated heterocycles. The molecule has 2 aliphatic rings. The molecule has 2 heterocycles. The van der Waals surface area contributed by atoms with Gasteiger partial charge < -0.3 is 24.6 Å². The summed E-state index contributed by atoms with van der Waals surface area (Å²) in [4.78, 5) is 21.4. The highest BCUT2D eigenvalue weighted by Gasteiger charge is 2.30. The third-order valence-corrected chi connectivity index (χ3v) is 4.59. The van der Waals surface area contributed by atoms with Crippen LogP contribution in [-0.4, -0.2) is 86.9 Å². The Morgan fingerprint density at radius 1 is 1.20 bits per heavy atom. The number of aliphatic imine (C=N–C) groups is 1. The molecule has 2 fully saturated rings. The summed E-state index contributed by atoms with van der Waals surface area (Å²) in [5.74, 6) is 1.12. The number of hydrogen-bond acceptors (Lipinski definition) is 4. The van der Waals surface area contributed by atoms with E-state index in [9.17, 15) is 4.79 Å². The number of nitrogens with zero attached hydrogens (tertiary/aromatic N) is 3. The van der Waals surface area contributed by atoms with E-state index in [0.717, 1.165) is 90.7 Å². The molecule has 0 spiro atoms. The molecule has 0 aromatic heterocycles. The van der Waals surface area contributed by atoms with Gasteiger partial charge in [-0.2, -0.15) is 0 Å². The molecule has 1 atom stereocenters. The molecule has 0 aromatic rings. The number of guanidine groups is 1. The van der Waals surface area contributed by atoms with Gasteiger partial charge in [-0.05, 0) is 39.5 Å². The first-order chi connectivity index (χ1) is 12.3. The topological polar surface area (TPSA) is 66.4 Å². The molecule has 0 aliphatic carbocycles. The van der Waals surface area contributed by atoms with Gasteiger partial charge in [-0.1, -0.05) is 0 Å². The quantitative estimate of drug-likeness (QED) is 0.402. The largest absolute Gasteiger partial charge is 0.382 e. The third kappa shape index (κ3) is 6.47. The van der Waals surface area contributed by atoms with Crippen LogP contribution in [0.5, 0.6) is 0 Å². The molecule has 7 nitrogen and oxygen atoms in total. The van der Waals surface area contributed by atoms with Crippen molar-refractivity contribution in [2.75, 3.05) is 59.1 Å². The zero-order chi connectivity index (χ0) is 17.9. The zero-order valence-corrected chi connectivity index (χ0v) is 15.8. The Morgan fingerprint density at radius 2 is 1.96 bits per heavy atom. The number of amides is 1. The molecule has 1 amide bonds. The molecule has 0 aromatic carbocycles. The minimum Gasteiger partial charge on any atom is -0.382 e. The fourth-order valence-electron chi connectivity index (χ4n) is 3.19. The standard InChI is InChI=1S/C18H34N4O3/c1-3-19-18(20-9-5-6-14-24-4-2)22-12-10-21(11-13-22)17(23)16-8-7-15-25-16/h16H,3-15H2,1-2H3,(H,19,20). The second-order valence-corrected chi connectivity index (χ2v) is 6.45. The average molecular weight is 354 g/mol. The molecular weight excluding hydrogens is 320 g/mol. The summed E-state index contributed by atoms with van der Waals surface area (Å²) in [6.07, 6.45) is 3.73. The SMILES string of the molecule is CCNC(=NCCCCOCC)N1CCN(C(=O)C2CCCO2)CC1. The monoisotopic (exact) mass is 354 g/mol. The first kappa shape index (κ1) is 20.0. The molecule has 144 valence electrons. The van der Waals surface area contributed by atoms with Crippen molar-refractivity contribution in [3.05, 3.63) is 0 Å². The summed E-state index contributed by atoms with van der Waals surface area (Å²) >= 11 is 0. The number of rotatable bonds is 8. The Balaban J connectivity index is 1.75. The maximum absolute atomic E-state index is 12.4. The number of piperazine rings is 1. The summed E-state index contributed by atoms with van der Waals surface area (Å²) < 4.78 is 10.9. The van der Waals surface area contributed by atoms with Gasteiger partial charge in [0.1, 0.15) is 6.10 Å². The van der Waals surface area contributed by atoms with Gasteiger partial charge in [0.2, 0.25) is 0 Å². The Bertz CT molecular complexity index is 417. The number of unbranched alkanes of at least 4 members (excludes halogenated alkanes) is 1. The van der Waals surface area contributed by atoms with Gasteiger partial charge in [-0.3, -0.25) is 9.79 Å². The Morgan fingerprint density at radius 3 is 2.60 bits per heavy atom. The minimum atomic E-state index is -0.209. The van der Waals surface area contributed by atoms with E-state index in [2.05, 4.69) is 17.1 Å². The van der Waals surface area contributed by atoms with E-state index in [1.165, 1.54) is 0 Å². The Kier molecular flexibility index (Phi) is 9.04. The lowest BCUT2D eigenvalue weighted by molar-refractivity contribution is -0.142. The van der Waals surface area contributed by atoms with E-state index in [1.807, 2.05) is 11.8 Å². The van der Waals surface area contributed by atoms with Gasteiger partial charge >= 0.3 is 0 Å². The first-order valence-electron chi connectivity index (χ1n) is 9.77. The molecule has 2 aliphatic heterocycles. The van der Waals surface area contributed by atoms with Crippen molar-refractivity contribution in [3.63, 3.8) is 0 Å². The summed E-state index contributed by atoms with van der Waals surface area (Å²) in [5.41, 5.74) is 0. The Labute approximate surface area is 151 Å². The van der Waals surface area contributed by atoms with Crippen LogP contribution in [0, 0.1) is 0 Å². The van der Waals surface area contributed by atoms with Gasteiger partial charge in [-0.15, -0.1) is 0 Å². The van der Waals surface area contributed by atoms with E-state index in [1.54, 1.807) is 0 Å². The average Bonchev–Trinajstić information content (AvgIpc) is 3.18. The zero-order valence-electron chi connectivity index (χ0n) is 15.8. The van der Waals surface area contributed by atoms with Gasteiger partial charge in [0.25, 0.3) is 5.91 Å².